The molecule has 1 atom stereocenters. The van der Waals surface area contributed by atoms with Crippen LogP contribution in [0.25, 0.3) is 10.9 Å². The van der Waals surface area contributed by atoms with E-state index in [9.17, 15) is 14.4 Å². The Morgan fingerprint density at radius 2 is 1.81 bits per heavy atom. The van der Waals surface area contributed by atoms with E-state index in [0.717, 1.165) is 23.3 Å². The van der Waals surface area contributed by atoms with Gasteiger partial charge in [0.05, 0.1) is 16.9 Å². The highest BCUT2D eigenvalue weighted by atomic mass is 32.1. The van der Waals surface area contributed by atoms with Crippen LogP contribution < -0.4 is 16.6 Å². The van der Waals surface area contributed by atoms with Gasteiger partial charge in [-0.05, 0) is 54.0 Å². The summed E-state index contributed by atoms with van der Waals surface area (Å²) in [4.78, 5) is 40.4. The molecule has 1 aliphatic rings. The molecule has 0 saturated carbocycles. The van der Waals surface area contributed by atoms with Gasteiger partial charge in [0.25, 0.3) is 5.56 Å². The molecular formula is C25H23N3O3S. The van der Waals surface area contributed by atoms with E-state index in [1.54, 1.807) is 35.6 Å². The number of amides is 1. The lowest BCUT2D eigenvalue weighted by Gasteiger charge is -2.17. The predicted molar refractivity (Wildman–Crippen MR) is 126 cm³/mol. The average Bonchev–Trinajstić information content (AvgIpc) is 3.47. The van der Waals surface area contributed by atoms with E-state index in [1.165, 1.54) is 14.7 Å². The smallest absolute Gasteiger partial charge is 0.331 e. The normalized spacial score (nSPS) is 15.1. The second-order valence-electron chi connectivity index (χ2n) is 8.03. The molecule has 6 nitrogen and oxygen atoms in total. The van der Waals surface area contributed by atoms with E-state index >= 15 is 0 Å². The Morgan fingerprint density at radius 3 is 2.66 bits per heavy atom. The maximum atomic E-state index is 13.3. The van der Waals surface area contributed by atoms with Crippen LogP contribution in [0.4, 0.5) is 0 Å². The van der Waals surface area contributed by atoms with Gasteiger partial charge >= 0.3 is 5.69 Å². The van der Waals surface area contributed by atoms with Gasteiger partial charge in [0.1, 0.15) is 6.54 Å². The number of thiophene rings is 1. The first-order chi connectivity index (χ1) is 15.6. The number of para-hydroxylation sites is 1. The summed E-state index contributed by atoms with van der Waals surface area (Å²) >= 11 is 1.60. The molecule has 4 aromatic rings. The third-order valence-corrected chi connectivity index (χ3v) is 7.00. The number of carbonyl (C=O) groups is 1. The number of rotatable bonds is 6. The zero-order valence-electron chi connectivity index (χ0n) is 17.5. The summed E-state index contributed by atoms with van der Waals surface area (Å²) in [5.41, 5.74) is 2.11. The van der Waals surface area contributed by atoms with Gasteiger partial charge in [-0.1, -0.05) is 42.5 Å². The third-order valence-electron chi connectivity index (χ3n) is 6.06. The molecule has 2 aromatic heterocycles. The second-order valence-corrected chi connectivity index (χ2v) is 9.06. The molecule has 0 bridgehead atoms. The molecule has 1 unspecified atom stereocenters. The van der Waals surface area contributed by atoms with Crippen molar-refractivity contribution < 1.29 is 4.79 Å². The van der Waals surface area contributed by atoms with E-state index in [0.29, 0.717) is 17.3 Å². The second kappa shape index (κ2) is 8.59. The van der Waals surface area contributed by atoms with Gasteiger partial charge in [-0.3, -0.25) is 18.7 Å². The predicted octanol–water partition coefficient (Wildman–Crippen LogP) is 3.27. The van der Waals surface area contributed by atoms with Crippen LogP contribution in [-0.4, -0.2) is 15.0 Å². The number of fused-ring (bicyclic) bond motifs is 2. The highest BCUT2D eigenvalue weighted by Crippen LogP contribution is 2.30. The van der Waals surface area contributed by atoms with Gasteiger partial charge < -0.3 is 5.32 Å². The number of benzene rings is 2. The van der Waals surface area contributed by atoms with Gasteiger partial charge in [-0.25, -0.2) is 4.79 Å². The van der Waals surface area contributed by atoms with Gasteiger partial charge in [0.15, 0.2) is 0 Å². The Bertz CT molecular complexity index is 1400. The van der Waals surface area contributed by atoms with Crippen LogP contribution in [-0.2, 0) is 30.7 Å². The van der Waals surface area contributed by atoms with Crippen molar-refractivity contribution in [2.75, 3.05) is 0 Å². The third kappa shape index (κ3) is 3.80. The standard InChI is InChI=1S/C25H23N3O3S/c29-23(26-21-12-11-17-6-1-2-8-19(17)21)16-28-22-10-4-3-9-20(22)24(30)27(25(28)31)14-13-18-7-5-15-32-18/h1-10,15,21H,11-14,16H2,(H,26,29). The van der Waals surface area contributed by atoms with Crippen molar-refractivity contribution in [2.45, 2.75) is 38.4 Å². The number of aryl methyl sites for hydroxylation is 2. The van der Waals surface area contributed by atoms with Crippen molar-refractivity contribution in [3.05, 3.63) is 103 Å². The molecule has 0 fully saturated rings. The van der Waals surface area contributed by atoms with E-state index in [1.807, 2.05) is 35.7 Å². The molecule has 1 amide bonds. The van der Waals surface area contributed by atoms with Crippen LogP contribution in [0.3, 0.4) is 0 Å². The van der Waals surface area contributed by atoms with Crippen LogP contribution in [0, 0.1) is 0 Å². The first-order valence-electron chi connectivity index (χ1n) is 10.7. The van der Waals surface area contributed by atoms with Crippen LogP contribution >= 0.6 is 11.3 Å². The molecule has 5 rings (SSSR count). The molecule has 0 radical (unpaired) electrons. The Kier molecular flexibility index (Phi) is 5.49. The van der Waals surface area contributed by atoms with Gasteiger partial charge in [-0.15, -0.1) is 11.3 Å². The van der Waals surface area contributed by atoms with Crippen LogP contribution in [0.15, 0.2) is 75.6 Å². The Balaban J connectivity index is 1.46. The molecule has 1 N–H and O–H groups in total. The molecule has 7 heteroatoms. The molecule has 0 saturated heterocycles. The van der Waals surface area contributed by atoms with Crippen LogP contribution in [0.5, 0.6) is 0 Å². The fourth-order valence-corrected chi connectivity index (χ4v) is 5.19. The average molecular weight is 446 g/mol. The molecule has 162 valence electrons. The number of carbonyl (C=O) groups excluding carboxylic acids is 1. The van der Waals surface area contributed by atoms with Crippen LogP contribution in [0.1, 0.15) is 28.5 Å². The quantitative estimate of drug-likeness (QED) is 0.495. The summed E-state index contributed by atoms with van der Waals surface area (Å²) in [6.45, 7) is 0.151. The van der Waals surface area contributed by atoms with E-state index in [2.05, 4.69) is 11.4 Å². The molecule has 32 heavy (non-hydrogen) atoms. The summed E-state index contributed by atoms with van der Waals surface area (Å²) in [5, 5.41) is 5.50. The largest absolute Gasteiger partial charge is 0.348 e. The van der Waals surface area contributed by atoms with E-state index < -0.39 is 5.69 Å². The lowest BCUT2D eigenvalue weighted by Crippen LogP contribution is -2.43. The lowest BCUT2D eigenvalue weighted by atomic mass is 10.1. The number of nitrogens with one attached hydrogen (secondary N) is 1. The van der Waals surface area contributed by atoms with E-state index in [-0.39, 0.29) is 30.6 Å². The van der Waals surface area contributed by atoms with E-state index in [4.69, 9.17) is 0 Å². The minimum absolute atomic E-state index is 0.0506. The Hall–Kier alpha value is -3.45. The molecule has 1 aliphatic carbocycles. The summed E-state index contributed by atoms with van der Waals surface area (Å²) < 4.78 is 2.67. The zero-order chi connectivity index (χ0) is 22.1. The fourth-order valence-electron chi connectivity index (χ4n) is 4.49. The molecular weight excluding hydrogens is 422 g/mol. The first kappa shape index (κ1) is 20.5. The Morgan fingerprint density at radius 1 is 1.00 bits per heavy atom. The summed E-state index contributed by atoms with van der Waals surface area (Å²) in [5.74, 6) is -0.234. The molecule has 0 spiro atoms. The number of nitrogens with zero attached hydrogens (tertiary/aromatic N) is 2. The monoisotopic (exact) mass is 445 g/mol. The topological polar surface area (TPSA) is 73.1 Å². The number of aromatic nitrogens is 2. The zero-order valence-corrected chi connectivity index (χ0v) is 18.3. The Labute approximate surface area is 188 Å². The molecule has 0 aliphatic heterocycles. The summed E-state index contributed by atoms with van der Waals surface area (Å²) in [6.07, 6.45) is 2.37. The van der Waals surface area contributed by atoms with Crippen LogP contribution in [0.2, 0.25) is 0 Å². The maximum absolute atomic E-state index is 13.3. The summed E-state index contributed by atoms with van der Waals surface area (Å²) in [6, 6.07) is 19.0. The molecule has 2 aromatic carbocycles. The first-order valence-corrected chi connectivity index (χ1v) is 11.6. The number of hydrogen-bond acceptors (Lipinski definition) is 4. The van der Waals surface area contributed by atoms with Crippen molar-refractivity contribution in [3.63, 3.8) is 0 Å². The molecule has 2 heterocycles. The lowest BCUT2D eigenvalue weighted by molar-refractivity contribution is -0.122. The number of hydrogen-bond donors (Lipinski definition) is 1. The maximum Gasteiger partial charge on any atom is 0.331 e. The van der Waals surface area contributed by atoms with Gasteiger partial charge in [0, 0.05) is 11.4 Å². The van der Waals surface area contributed by atoms with Crippen molar-refractivity contribution in [2.24, 2.45) is 0 Å². The van der Waals surface area contributed by atoms with Crippen molar-refractivity contribution >= 4 is 28.1 Å². The highest BCUT2D eigenvalue weighted by Gasteiger charge is 2.24. The minimum atomic E-state index is -0.452. The fraction of sp³-hybridized carbons (Fsp3) is 0.240. The minimum Gasteiger partial charge on any atom is -0.348 e. The van der Waals surface area contributed by atoms with Crippen molar-refractivity contribution in [3.8, 4) is 0 Å². The van der Waals surface area contributed by atoms with Gasteiger partial charge in [-0.2, -0.15) is 0 Å². The van der Waals surface area contributed by atoms with Gasteiger partial charge in [0.2, 0.25) is 5.91 Å². The highest BCUT2D eigenvalue weighted by molar-refractivity contribution is 7.09. The summed E-state index contributed by atoms with van der Waals surface area (Å²) in [7, 11) is 0. The van der Waals surface area contributed by atoms with Crippen molar-refractivity contribution in [1.82, 2.24) is 14.5 Å². The SMILES string of the molecule is O=C(Cn1c(=O)n(CCc2cccs2)c(=O)c2ccccc21)NC1CCc2ccccc21. The van der Waals surface area contributed by atoms with Crippen molar-refractivity contribution in [1.29, 1.82) is 0 Å².